The van der Waals surface area contributed by atoms with E-state index < -0.39 is 22.6 Å². The molecule has 1 saturated heterocycles. The van der Waals surface area contributed by atoms with Crippen molar-refractivity contribution in [3.63, 3.8) is 0 Å². The maximum Gasteiger partial charge on any atom is 0.333 e. The monoisotopic (exact) mass is 555 g/mol. The van der Waals surface area contributed by atoms with E-state index in [1.807, 2.05) is 6.92 Å². The largest absolute Gasteiger partial charge is 0.496 e. The Labute approximate surface area is 227 Å². The van der Waals surface area contributed by atoms with Crippen LogP contribution in [-0.4, -0.2) is 63.1 Å². The Morgan fingerprint density at radius 3 is 2.64 bits per heavy atom. The van der Waals surface area contributed by atoms with Crippen LogP contribution in [0.1, 0.15) is 25.0 Å². The van der Waals surface area contributed by atoms with E-state index in [9.17, 15) is 18.8 Å². The van der Waals surface area contributed by atoms with E-state index in [4.69, 9.17) is 9.47 Å². The average molecular weight is 556 g/mol. The molecule has 1 fully saturated rings. The summed E-state index contributed by atoms with van der Waals surface area (Å²) in [6, 6.07) is 6.00. The summed E-state index contributed by atoms with van der Waals surface area (Å²) in [7, 11) is 1.50. The van der Waals surface area contributed by atoms with Gasteiger partial charge in [0.05, 0.1) is 25.7 Å². The summed E-state index contributed by atoms with van der Waals surface area (Å²) in [5, 5.41) is 5.35. The molecule has 0 bridgehead atoms. The van der Waals surface area contributed by atoms with Gasteiger partial charge in [0.2, 0.25) is 5.91 Å². The lowest BCUT2D eigenvalue weighted by molar-refractivity contribution is -0.143. The van der Waals surface area contributed by atoms with Crippen LogP contribution >= 0.6 is 11.3 Å². The number of ether oxygens (including phenoxy) is 2. The van der Waals surface area contributed by atoms with Gasteiger partial charge in [-0.1, -0.05) is 11.3 Å². The summed E-state index contributed by atoms with van der Waals surface area (Å²) in [6.07, 6.45) is 3.66. The number of nitrogens with zero attached hydrogens (tertiary/aromatic N) is 5. The molecular weight excluding hydrogens is 525 g/mol. The van der Waals surface area contributed by atoms with Crippen LogP contribution in [-0.2, 0) is 28.0 Å². The van der Waals surface area contributed by atoms with Crippen molar-refractivity contribution >= 4 is 27.5 Å². The minimum atomic E-state index is -1.46. The molecule has 0 saturated carbocycles. The first-order chi connectivity index (χ1) is 18.6. The molecule has 1 amide bonds. The van der Waals surface area contributed by atoms with Gasteiger partial charge >= 0.3 is 5.69 Å². The van der Waals surface area contributed by atoms with Crippen molar-refractivity contribution in [3.8, 4) is 10.8 Å². The minimum absolute atomic E-state index is 0.135. The zero-order valence-electron chi connectivity index (χ0n) is 22.3. The van der Waals surface area contributed by atoms with Crippen LogP contribution in [0.2, 0.25) is 0 Å². The van der Waals surface area contributed by atoms with Crippen LogP contribution in [0.3, 0.4) is 0 Å². The molecule has 0 radical (unpaired) electrons. The Kier molecular flexibility index (Phi) is 7.17. The molecule has 206 valence electrons. The quantitative estimate of drug-likeness (QED) is 0.348. The van der Waals surface area contributed by atoms with Crippen molar-refractivity contribution in [2.45, 2.75) is 39.3 Å². The van der Waals surface area contributed by atoms with Gasteiger partial charge in [0.15, 0.2) is 0 Å². The third-order valence-corrected chi connectivity index (χ3v) is 8.43. The van der Waals surface area contributed by atoms with E-state index in [0.717, 1.165) is 4.57 Å². The lowest BCUT2D eigenvalue weighted by atomic mass is 10.0. The zero-order valence-corrected chi connectivity index (χ0v) is 23.1. The number of methoxy groups -OCH3 is 1. The number of aryl methyl sites for hydroxylation is 3. The average Bonchev–Trinajstić information content (AvgIpc) is 3.57. The predicted molar refractivity (Wildman–Crippen MR) is 146 cm³/mol. The fourth-order valence-electron chi connectivity index (χ4n) is 5.06. The molecule has 5 rings (SSSR count). The van der Waals surface area contributed by atoms with E-state index in [1.165, 1.54) is 35.1 Å². The molecule has 1 aliphatic heterocycles. The molecule has 1 aromatic carbocycles. The van der Waals surface area contributed by atoms with Crippen LogP contribution in [0.5, 0.6) is 5.75 Å². The first kappa shape index (κ1) is 26.8. The fraction of sp³-hybridized carbons (Fsp3) is 0.407. The van der Waals surface area contributed by atoms with E-state index in [1.54, 1.807) is 48.0 Å². The molecule has 0 unspecified atom stereocenters. The lowest BCUT2D eigenvalue weighted by Gasteiger charge is -2.35. The fourth-order valence-corrected chi connectivity index (χ4v) is 6.32. The second-order valence-electron chi connectivity index (χ2n) is 9.91. The first-order valence-corrected chi connectivity index (χ1v) is 13.5. The SMILES string of the molecule is COc1ccc(F)cc1CCn1c(=O)n(C(C)(C)C(=O)N2CCOCC2)c(=O)c2c(C)c(-n3cccn3)sc21. The highest BCUT2D eigenvalue weighted by molar-refractivity contribution is 7.21. The van der Waals surface area contributed by atoms with Gasteiger partial charge in [-0.15, -0.1) is 0 Å². The van der Waals surface area contributed by atoms with E-state index in [-0.39, 0.29) is 18.9 Å². The normalized spacial score (nSPS) is 14.2. The second-order valence-corrected chi connectivity index (χ2v) is 10.9. The first-order valence-electron chi connectivity index (χ1n) is 12.6. The van der Waals surface area contributed by atoms with Gasteiger partial charge in [0.25, 0.3) is 5.56 Å². The highest BCUT2D eigenvalue weighted by Gasteiger charge is 2.38. The van der Waals surface area contributed by atoms with Crippen molar-refractivity contribution in [3.05, 3.63) is 74.4 Å². The third-order valence-electron chi connectivity index (χ3n) is 7.13. The molecule has 0 aliphatic carbocycles. The van der Waals surface area contributed by atoms with Crippen molar-refractivity contribution in [2.75, 3.05) is 33.4 Å². The highest BCUT2D eigenvalue weighted by atomic mass is 32.1. The maximum absolute atomic E-state index is 14.1. The molecule has 0 atom stereocenters. The Bertz CT molecular complexity index is 1650. The summed E-state index contributed by atoms with van der Waals surface area (Å²) in [6.45, 7) is 6.68. The lowest BCUT2D eigenvalue weighted by Crippen LogP contribution is -2.58. The van der Waals surface area contributed by atoms with Crippen molar-refractivity contribution in [1.82, 2.24) is 23.8 Å². The number of aromatic nitrogens is 4. The molecule has 12 heteroatoms. The number of rotatable bonds is 7. The number of carbonyl (C=O) groups excluding carboxylic acids is 1. The molecular formula is C27H30FN5O5S. The number of hydrogen-bond donors (Lipinski definition) is 0. The van der Waals surface area contributed by atoms with Crippen molar-refractivity contribution in [1.29, 1.82) is 0 Å². The molecule has 0 spiro atoms. The molecule has 4 aromatic rings. The standard InChI is InChI=1S/C27H30FN5O5S/c1-17-21-22(34)33(27(2,3)25(35)30-12-14-38-15-13-30)26(36)31(24(21)39-23(17)32-10-5-9-29-32)11-8-18-16-19(28)6-7-20(18)37-4/h5-7,9-10,16H,8,11-15H2,1-4H3. The van der Waals surface area contributed by atoms with Gasteiger partial charge < -0.3 is 14.4 Å². The van der Waals surface area contributed by atoms with Gasteiger partial charge in [-0.05, 0) is 57.0 Å². The summed E-state index contributed by atoms with van der Waals surface area (Å²) < 4.78 is 29.0. The number of halogens is 1. The number of morpholine rings is 1. The molecule has 4 heterocycles. The molecule has 3 aromatic heterocycles. The Morgan fingerprint density at radius 2 is 1.97 bits per heavy atom. The van der Waals surface area contributed by atoms with Crippen molar-refractivity contribution in [2.24, 2.45) is 0 Å². The van der Waals surface area contributed by atoms with Crippen LogP contribution in [0.15, 0.2) is 46.2 Å². The van der Waals surface area contributed by atoms with E-state index in [0.29, 0.717) is 58.4 Å². The van der Waals surface area contributed by atoms with E-state index in [2.05, 4.69) is 5.10 Å². The molecule has 10 nitrogen and oxygen atoms in total. The molecule has 39 heavy (non-hydrogen) atoms. The van der Waals surface area contributed by atoms with E-state index >= 15 is 0 Å². The summed E-state index contributed by atoms with van der Waals surface area (Å²) in [5.74, 6) is -0.252. The van der Waals surface area contributed by atoms with Crippen LogP contribution in [0, 0.1) is 12.7 Å². The van der Waals surface area contributed by atoms with Crippen LogP contribution < -0.4 is 16.0 Å². The minimum Gasteiger partial charge on any atom is -0.496 e. The number of fused-ring (bicyclic) bond motifs is 1. The number of carbonyl (C=O) groups is 1. The number of hydrogen-bond acceptors (Lipinski definition) is 7. The van der Waals surface area contributed by atoms with Gasteiger partial charge in [-0.25, -0.2) is 18.4 Å². The molecule has 1 aliphatic rings. The Hall–Kier alpha value is -3.77. The van der Waals surface area contributed by atoms with Crippen molar-refractivity contribution < 1.29 is 18.7 Å². The predicted octanol–water partition coefficient (Wildman–Crippen LogP) is 2.70. The third kappa shape index (κ3) is 4.67. The number of amides is 1. The van der Waals surface area contributed by atoms with Gasteiger partial charge in [-0.2, -0.15) is 5.10 Å². The summed E-state index contributed by atoms with van der Waals surface area (Å²) in [4.78, 5) is 43.8. The van der Waals surface area contributed by atoms with Gasteiger partial charge in [0, 0.05) is 37.6 Å². The number of thiophene rings is 1. The Morgan fingerprint density at radius 1 is 1.23 bits per heavy atom. The van der Waals surface area contributed by atoms with Gasteiger partial charge in [0.1, 0.15) is 26.9 Å². The topological polar surface area (TPSA) is 101 Å². The molecule has 0 N–H and O–H groups in total. The zero-order chi connectivity index (χ0) is 27.9. The van der Waals surface area contributed by atoms with Crippen LogP contribution in [0.4, 0.5) is 4.39 Å². The van der Waals surface area contributed by atoms with Crippen LogP contribution in [0.25, 0.3) is 15.2 Å². The number of benzene rings is 1. The smallest absolute Gasteiger partial charge is 0.333 e. The highest BCUT2D eigenvalue weighted by Crippen LogP contribution is 2.32. The second kappa shape index (κ2) is 10.4. The summed E-state index contributed by atoms with van der Waals surface area (Å²) >= 11 is 1.27. The van der Waals surface area contributed by atoms with Gasteiger partial charge in [-0.3, -0.25) is 14.2 Å². The maximum atomic E-state index is 14.1. The summed E-state index contributed by atoms with van der Waals surface area (Å²) in [5.41, 5.74) is -1.36. The Balaban J connectivity index is 1.70.